The second-order valence-electron chi connectivity index (χ2n) is 14.9. The van der Waals surface area contributed by atoms with E-state index in [1.54, 1.807) is 20.8 Å². The monoisotopic (exact) mass is 1110 g/mol. The van der Waals surface area contributed by atoms with Crippen LogP contribution in [0.3, 0.4) is 0 Å². The Hall–Kier alpha value is 0.463. The van der Waals surface area contributed by atoms with Crippen LogP contribution in [0.2, 0.25) is 0 Å². The molecule has 4 fully saturated rings. The zero-order valence-corrected chi connectivity index (χ0v) is 38.1. The topological polar surface area (TPSA) is 209 Å². The molecule has 1 unspecified atom stereocenters. The number of aliphatic hydroxyl groups excluding tert-OH is 3. The van der Waals surface area contributed by atoms with Gasteiger partial charge in [0.15, 0.2) is 11.9 Å². The molecule has 0 aromatic rings. The molecule has 0 aromatic heterocycles. The number of aliphatic hydroxyl groups is 5. The van der Waals surface area contributed by atoms with Crippen molar-refractivity contribution in [1.82, 2.24) is 5.32 Å². The van der Waals surface area contributed by atoms with Crippen molar-refractivity contribution in [2.45, 2.75) is 140 Å². The minimum atomic E-state index is -2.18. The van der Waals surface area contributed by atoms with Crippen molar-refractivity contribution < 1.29 is 147 Å². The van der Waals surface area contributed by atoms with Crippen LogP contribution in [-0.2, 0) is 33.4 Å². The van der Waals surface area contributed by atoms with Gasteiger partial charge in [0.05, 0.1) is 30.3 Å². The number of amides is 1. The fraction of sp³-hybridized carbons (Fsp3) is 0.818. The molecule has 2 radical (unpaired) electrons. The summed E-state index contributed by atoms with van der Waals surface area (Å²) in [6, 6.07) is -0.915. The van der Waals surface area contributed by atoms with Crippen LogP contribution in [0.4, 0.5) is 0 Å². The first kappa shape index (κ1) is 42.9. The Morgan fingerprint density at radius 3 is 2.12 bits per heavy atom. The molecule has 15 heteroatoms. The molecule has 4 aliphatic carbocycles. The minimum Gasteiger partial charge on any atom is -0.459 e. The van der Waals surface area contributed by atoms with Crippen molar-refractivity contribution in [2.75, 3.05) is 6.61 Å². The second-order valence-corrected chi connectivity index (χ2v) is 14.9. The normalized spacial score (nSPS) is 40.1. The van der Waals surface area contributed by atoms with Crippen LogP contribution in [0.5, 0.6) is 0 Å². The summed E-state index contributed by atoms with van der Waals surface area (Å²) in [7, 11) is 0. The number of fused-ring (bicyclic) bond motifs is 5. The van der Waals surface area contributed by atoms with Crippen LogP contribution in [0.1, 0.15) is 86.5 Å². The fourth-order valence-electron chi connectivity index (χ4n) is 9.34. The molecule has 2 bridgehead atoms. The Bertz CT molecular complexity index is 1320. The summed E-state index contributed by atoms with van der Waals surface area (Å²) in [6.45, 7) is 8.24. The predicted molar refractivity (Wildman–Crippen MR) is 160 cm³/mol. The van der Waals surface area contributed by atoms with Gasteiger partial charge in [0.2, 0.25) is 5.91 Å². The summed E-state index contributed by atoms with van der Waals surface area (Å²) >= 11 is 0. The van der Waals surface area contributed by atoms with E-state index in [1.165, 1.54) is 13.8 Å². The number of hydrogen-bond donors (Lipinski definition) is 6. The first-order valence-electron chi connectivity index (χ1n) is 16.3. The van der Waals surface area contributed by atoms with E-state index >= 15 is 0 Å². The molecule has 1 amide bonds. The summed E-state index contributed by atoms with van der Waals surface area (Å²) < 4.78 is 17.2. The number of ether oxygens (including phenoxy) is 3. The van der Waals surface area contributed by atoms with Gasteiger partial charge in [-0.05, 0) is 43.8 Å². The third-order valence-corrected chi connectivity index (χ3v) is 12.0. The van der Waals surface area contributed by atoms with E-state index < -0.39 is 101 Å². The van der Waals surface area contributed by atoms with Gasteiger partial charge in [-0.25, -0.2) is 4.79 Å². The van der Waals surface area contributed by atoms with E-state index in [2.05, 4.69) is 5.32 Å². The standard InChI is InChI=1S/C33H49NO12.2Ac/c1-15-19(46-29(41)25(39)23(34-16(2)35)18-10-8-7-9-11-18)13-33(43)28(45-17(3)36)26-31(6,20(37)12-21-32(26,42)14-44-21)27(40)24(38)22(15)30(33,4)5;;/h18-21,23-26,28,37-39,42-43H,7-14H2,1-6H3,(H,34,35);;/t19?,20-,21+,23-,24+,25+,26-,28-,31+,32-,33+;;/m0../s1. The van der Waals surface area contributed by atoms with Crippen molar-refractivity contribution in [3.8, 4) is 0 Å². The van der Waals surface area contributed by atoms with Gasteiger partial charge in [0.1, 0.15) is 29.5 Å². The SMILES string of the molecule is CC(=O)N[C@@H](C1CCCCC1)[C@@H](O)C(=O)OC1C[C@@]2(O)[C@@H](OC(C)=O)[C@@H]3[C@]4(O)CO[C@@H]4C[C@H](O)[C@@]3(C)C(=O)[C@H](O)C(=C1C)C2(C)C.[Ac].[Ac]. The molecule has 5 aliphatic rings. The summed E-state index contributed by atoms with van der Waals surface area (Å²) in [4.78, 5) is 52.7. The van der Waals surface area contributed by atoms with Gasteiger partial charge in [-0.15, -0.1) is 0 Å². The Balaban J connectivity index is 0.00000312. The molecular weight excluding hydrogens is 1060 g/mol. The molecule has 5 rings (SSSR count). The molecule has 48 heavy (non-hydrogen) atoms. The summed E-state index contributed by atoms with van der Waals surface area (Å²) in [5.41, 5.74) is -7.08. The van der Waals surface area contributed by atoms with Crippen LogP contribution in [-0.4, -0.2) is 110 Å². The van der Waals surface area contributed by atoms with Crippen molar-refractivity contribution in [1.29, 1.82) is 0 Å². The zero-order chi connectivity index (χ0) is 34.1. The van der Waals surface area contributed by atoms with Crippen LogP contribution >= 0.6 is 0 Å². The van der Waals surface area contributed by atoms with Gasteiger partial charge in [0, 0.05) is 126 Å². The number of carbonyl (C=O) groups is 4. The van der Waals surface area contributed by atoms with Crippen molar-refractivity contribution >= 4 is 23.6 Å². The largest absolute Gasteiger partial charge is 0.459 e. The predicted octanol–water partition coefficient (Wildman–Crippen LogP) is 0.214. The number of carbonyl (C=O) groups excluding carboxylic acids is 4. The first-order chi connectivity index (χ1) is 21.3. The van der Waals surface area contributed by atoms with Crippen LogP contribution in [0, 0.1) is 111 Å². The number of ketones is 1. The number of hydrogen-bond acceptors (Lipinski definition) is 12. The average molecular weight is 1110 g/mol. The molecule has 264 valence electrons. The maximum absolute atomic E-state index is 14.4. The molecule has 1 saturated heterocycles. The molecule has 0 spiro atoms. The first-order valence-corrected chi connectivity index (χ1v) is 16.3. The second kappa shape index (κ2) is 15.4. The van der Waals surface area contributed by atoms with E-state index in [4.69, 9.17) is 14.2 Å². The van der Waals surface area contributed by atoms with E-state index in [9.17, 15) is 44.7 Å². The fourth-order valence-corrected chi connectivity index (χ4v) is 9.34. The number of esters is 2. The van der Waals surface area contributed by atoms with Crippen molar-refractivity contribution in [3.05, 3.63) is 11.1 Å². The average Bonchev–Trinajstić information content (AvgIpc) is 2.98. The Labute approximate surface area is 352 Å². The molecule has 1 aliphatic heterocycles. The quantitative estimate of drug-likeness (QED) is 0.156. The third-order valence-electron chi connectivity index (χ3n) is 12.0. The van der Waals surface area contributed by atoms with Gasteiger partial charge in [-0.2, -0.15) is 0 Å². The van der Waals surface area contributed by atoms with Crippen molar-refractivity contribution in [2.24, 2.45) is 22.7 Å². The number of nitrogens with one attached hydrogen (secondary N) is 1. The molecule has 1 heterocycles. The van der Waals surface area contributed by atoms with Crippen LogP contribution in [0.25, 0.3) is 0 Å². The van der Waals surface area contributed by atoms with Gasteiger partial charge in [0.25, 0.3) is 0 Å². The Morgan fingerprint density at radius 1 is 1.00 bits per heavy atom. The van der Waals surface area contributed by atoms with E-state index in [0.717, 1.165) is 26.2 Å². The molecule has 13 nitrogen and oxygen atoms in total. The smallest absolute Gasteiger partial charge is 0.337 e. The minimum absolute atomic E-state index is 0. The van der Waals surface area contributed by atoms with E-state index in [0.29, 0.717) is 12.8 Å². The van der Waals surface area contributed by atoms with Crippen LogP contribution in [0.15, 0.2) is 11.1 Å². The third kappa shape index (κ3) is 6.84. The summed E-state index contributed by atoms with van der Waals surface area (Å²) in [5.74, 6) is -4.75. The van der Waals surface area contributed by atoms with Gasteiger partial charge in [-0.3, -0.25) is 14.4 Å². The maximum Gasteiger partial charge on any atom is 0.337 e. The Kier molecular flexibility index (Phi) is 13.8. The maximum atomic E-state index is 14.4. The number of rotatable bonds is 6. The molecule has 11 atom stereocenters. The molecule has 6 N–H and O–H groups in total. The van der Waals surface area contributed by atoms with Crippen LogP contribution < -0.4 is 5.32 Å². The van der Waals surface area contributed by atoms with Gasteiger partial charge in [-0.1, -0.05) is 33.1 Å². The van der Waals surface area contributed by atoms with Gasteiger partial charge < -0.3 is 45.1 Å². The number of Topliss-reactive ketones (excluding diaryl/α,β-unsaturated/α-hetero) is 1. The van der Waals surface area contributed by atoms with Gasteiger partial charge >= 0.3 is 11.9 Å². The van der Waals surface area contributed by atoms with Crippen molar-refractivity contribution in [3.63, 3.8) is 0 Å². The molecule has 0 aromatic carbocycles. The molecular formula is C33H49Ac2NO12. The van der Waals surface area contributed by atoms with E-state index in [-0.39, 0.29) is 118 Å². The molecule has 3 saturated carbocycles. The van der Waals surface area contributed by atoms with E-state index in [1.807, 2.05) is 0 Å². The summed E-state index contributed by atoms with van der Waals surface area (Å²) in [6.07, 6.45) is -5.27. The zero-order valence-electron chi connectivity index (χ0n) is 28.6. The Morgan fingerprint density at radius 2 is 1.60 bits per heavy atom. The summed E-state index contributed by atoms with van der Waals surface area (Å²) in [5, 5.41) is 61.9.